The lowest BCUT2D eigenvalue weighted by Crippen LogP contribution is -2.10. The Labute approximate surface area is 149 Å². The van der Waals surface area contributed by atoms with Crippen molar-refractivity contribution in [3.63, 3.8) is 0 Å². The summed E-state index contributed by atoms with van der Waals surface area (Å²) >= 11 is 0. The van der Waals surface area contributed by atoms with Crippen LogP contribution in [0.5, 0.6) is 0 Å². The van der Waals surface area contributed by atoms with Crippen LogP contribution in [0, 0.1) is 10.8 Å². The SMILES string of the molecule is N=C(N)c1ccc2c(c1)N=C(/C=C/c1cc3cc(C(=N)N)ccc3o1)C2. The first kappa shape index (κ1) is 15.8. The van der Waals surface area contributed by atoms with Crippen LogP contribution < -0.4 is 11.5 Å². The number of nitrogens with zero attached hydrogens (tertiary/aromatic N) is 1. The summed E-state index contributed by atoms with van der Waals surface area (Å²) in [6.45, 7) is 0. The van der Waals surface area contributed by atoms with Gasteiger partial charge in [0.05, 0.1) is 5.69 Å². The predicted octanol–water partition coefficient (Wildman–Crippen LogP) is 3.34. The number of rotatable bonds is 4. The van der Waals surface area contributed by atoms with Crippen LogP contribution in [0.4, 0.5) is 5.69 Å². The van der Waals surface area contributed by atoms with E-state index >= 15 is 0 Å². The molecule has 1 aromatic heterocycles. The van der Waals surface area contributed by atoms with Crippen molar-refractivity contribution in [1.82, 2.24) is 0 Å². The van der Waals surface area contributed by atoms with Crippen molar-refractivity contribution in [3.05, 3.63) is 71.0 Å². The van der Waals surface area contributed by atoms with Gasteiger partial charge in [-0.25, -0.2) is 0 Å². The van der Waals surface area contributed by atoms with Crippen LogP contribution in [0.1, 0.15) is 22.5 Å². The number of hydrogen-bond acceptors (Lipinski definition) is 4. The second-order valence-electron chi connectivity index (χ2n) is 6.19. The highest BCUT2D eigenvalue weighted by Crippen LogP contribution is 2.28. The maximum Gasteiger partial charge on any atom is 0.134 e. The fourth-order valence-corrected chi connectivity index (χ4v) is 2.96. The molecule has 0 unspecified atom stereocenters. The van der Waals surface area contributed by atoms with E-state index in [1.54, 1.807) is 6.07 Å². The summed E-state index contributed by atoms with van der Waals surface area (Å²) in [5.74, 6) is 0.788. The largest absolute Gasteiger partial charge is 0.457 e. The highest BCUT2D eigenvalue weighted by atomic mass is 16.3. The second-order valence-corrected chi connectivity index (χ2v) is 6.19. The maximum absolute atomic E-state index is 7.52. The Morgan fingerprint density at radius 1 is 0.962 bits per heavy atom. The quantitative estimate of drug-likeness (QED) is 0.429. The number of nitrogens with two attached hydrogens (primary N) is 2. The number of hydrogen-bond donors (Lipinski definition) is 4. The molecule has 0 saturated carbocycles. The molecule has 0 radical (unpaired) electrons. The van der Waals surface area contributed by atoms with Crippen molar-refractivity contribution < 1.29 is 4.42 Å². The third-order valence-electron chi connectivity index (χ3n) is 4.32. The molecule has 0 saturated heterocycles. The van der Waals surface area contributed by atoms with Gasteiger partial charge in [-0.15, -0.1) is 0 Å². The van der Waals surface area contributed by atoms with Crippen molar-refractivity contribution in [2.75, 3.05) is 0 Å². The zero-order valence-electron chi connectivity index (χ0n) is 13.9. The van der Waals surface area contributed by atoms with E-state index in [1.165, 1.54) is 0 Å². The maximum atomic E-state index is 7.52. The minimum Gasteiger partial charge on any atom is -0.457 e. The minimum absolute atomic E-state index is 0.0354. The number of nitrogen functional groups attached to an aromatic ring is 2. The molecule has 4 rings (SSSR count). The van der Waals surface area contributed by atoms with Crippen LogP contribution in [0.3, 0.4) is 0 Å². The topological polar surface area (TPSA) is 125 Å². The summed E-state index contributed by atoms with van der Waals surface area (Å²) in [5.41, 5.74) is 16.0. The zero-order valence-corrected chi connectivity index (χ0v) is 13.9. The third kappa shape index (κ3) is 2.88. The van der Waals surface area contributed by atoms with Gasteiger partial charge in [-0.3, -0.25) is 15.8 Å². The highest BCUT2D eigenvalue weighted by molar-refractivity contribution is 6.05. The molecule has 6 heteroatoms. The smallest absolute Gasteiger partial charge is 0.134 e. The van der Waals surface area contributed by atoms with Gasteiger partial charge in [0.25, 0.3) is 0 Å². The van der Waals surface area contributed by atoms with Gasteiger partial charge in [-0.05, 0) is 48.0 Å². The molecule has 0 fully saturated rings. The van der Waals surface area contributed by atoms with E-state index in [1.807, 2.05) is 48.6 Å². The fourth-order valence-electron chi connectivity index (χ4n) is 2.96. The van der Waals surface area contributed by atoms with E-state index in [0.29, 0.717) is 16.9 Å². The number of aliphatic imine (C=N–C) groups is 1. The fraction of sp³-hybridized carbons (Fsp3) is 0.0500. The number of furan rings is 1. The Hall–Kier alpha value is -3.67. The van der Waals surface area contributed by atoms with Gasteiger partial charge < -0.3 is 15.9 Å². The summed E-state index contributed by atoms with van der Waals surface area (Å²) in [7, 11) is 0. The first-order valence-electron chi connectivity index (χ1n) is 8.10. The van der Waals surface area contributed by atoms with Crippen LogP contribution in [-0.2, 0) is 6.42 Å². The molecule has 6 N–H and O–H groups in total. The zero-order chi connectivity index (χ0) is 18.3. The van der Waals surface area contributed by atoms with Crippen LogP contribution >= 0.6 is 0 Å². The van der Waals surface area contributed by atoms with E-state index in [2.05, 4.69) is 4.99 Å². The minimum atomic E-state index is 0.0354. The summed E-state index contributed by atoms with van der Waals surface area (Å²) in [5, 5.41) is 15.9. The average Bonchev–Trinajstić information content (AvgIpc) is 3.21. The number of benzene rings is 2. The van der Waals surface area contributed by atoms with E-state index < -0.39 is 0 Å². The number of amidine groups is 2. The molecule has 0 amide bonds. The Morgan fingerprint density at radius 2 is 1.69 bits per heavy atom. The summed E-state index contributed by atoms with van der Waals surface area (Å²) in [6, 6.07) is 13.0. The first-order valence-corrected chi connectivity index (χ1v) is 8.10. The predicted molar refractivity (Wildman–Crippen MR) is 105 cm³/mol. The molecule has 0 spiro atoms. The Bertz CT molecular complexity index is 1120. The molecule has 1 aliphatic heterocycles. The van der Waals surface area contributed by atoms with E-state index in [9.17, 15) is 0 Å². The van der Waals surface area contributed by atoms with Gasteiger partial charge in [-0.1, -0.05) is 12.1 Å². The van der Waals surface area contributed by atoms with E-state index in [0.717, 1.165) is 34.4 Å². The lowest BCUT2D eigenvalue weighted by molar-refractivity contribution is 0.604. The van der Waals surface area contributed by atoms with Crippen LogP contribution in [0.2, 0.25) is 0 Å². The summed E-state index contributed by atoms with van der Waals surface area (Å²) < 4.78 is 5.79. The molecule has 6 nitrogen and oxygen atoms in total. The molecule has 2 aromatic carbocycles. The molecule has 128 valence electrons. The molecular weight excluding hydrogens is 326 g/mol. The van der Waals surface area contributed by atoms with E-state index in [-0.39, 0.29) is 11.7 Å². The van der Waals surface area contributed by atoms with Gasteiger partial charge in [0.15, 0.2) is 0 Å². The first-order chi connectivity index (χ1) is 12.5. The normalized spacial score (nSPS) is 13.2. The van der Waals surface area contributed by atoms with Crippen molar-refractivity contribution in [1.29, 1.82) is 10.8 Å². The Kier molecular flexibility index (Phi) is 3.65. The van der Waals surface area contributed by atoms with Crippen LogP contribution in [0.25, 0.3) is 17.0 Å². The monoisotopic (exact) mass is 343 g/mol. The number of nitrogens with one attached hydrogen (secondary N) is 2. The van der Waals surface area contributed by atoms with Gasteiger partial charge in [0.1, 0.15) is 23.0 Å². The molecule has 0 aliphatic carbocycles. The standard InChI is InChI=1S/C20H17N5O/c21-19(22)12-3-6-18-14(7-12)9-16(26-18)5-4-15-8-11-1-2-13(20(23)24)10-17(11)25-15/h1-7,9-10H,8H2,(H3,21,22)(H3,23,24)/b5-4+. The average molecular weight is 343 g/mol. The lowest BCUT2D eigenvalue weighted by atomic mass is 10.1. The number of allylic oxidation sites excluding steroid dienone is 1. The second kappa shape index (κ2) is 6.00. The lowest BCUT2D eigenvalue weighted by Gasteiger charge is -2.00. The van der Waals surface area contributed by atoms with Gasteiger partial charge in [0, 0.05) is 28.6 Å². The Balaban J connectivity index is 1.58. The summed E-state index contributed by atoms with van der Waals surface area (Å²) in [6.07, 6.45) is 4.54. The van der Waals surface area contributed by atoms with Crippen molar-refractivity contribution >= 4 is 40.1 Å². The van der Waals surface area contributed by atoms with Gasteiger partial charge in [-0.2, -0.15) is 0 Å². The van der Waals surface area contributed by atoms with Gasteiger partial charge in [0.2, 0.25) is 0 Å². The molecule has 26 heavy (non-hydrogen) atoms. The third-order valence-corrected chi connectivity index (χ3v) is 4.32. The molecule has 0 bridgehead atoms. The van der Waals surface area contributed by atoms with Crippen molar-refractivity contribution in [3.8, 4) is 0 Å². The molecule has 0 atom stereocenters. The molecule has 3 aromatic rings. The van der Waals surface area contributed by atoms with Gasteiger partial charge >= 0.3 is 0 Å². The van der Waals surface area contributed by atoms with Crippen molar-refractivity contribution in [2.45, 2.75) is 6.42 Å². The van der Waals surface area contributed by atoms with Crippen LogP contribution in [-0.4, -0.2) is 17.4 Å². The van der Waals surface area contributed by atoms with Crippen LogP contribution in [0.15, 0.2) is 58.0 Å². The van der Waals surface area contributed by atoms with E-state index in [4.69, 9.17) is 26.7 Å². The highest BCUT2D eigenvalue weighted by Gasteiger charge is 2.14. The molecule has 2 heterocycles. The summed E-state index contributed by atoms with van der Waals surface area (Å²) in [4.78, 5) is 4.59. The van der Waals surface area contributed by atoms with Crippen molar-refractivity contribution in [2.24, 2.45) is 16.5 Å². The number of fused-ring (bicyclic) bond motifs is 2. The molecule has 1 aliphatic rings. The molecular formula is C20H17N5O. The Morgan fingerprint density at radius 3 is 2.46 bits per heavy atom.